The van der Waals surface area contributed by atoms with Crippen LogP contribution in [0.2, 0.25) is 0 Å². The Balaban J connectivity index is 1.55. The van der Waals surface area contributed by atoms with Gasteiger partial charge in [0.25, 0.3) is 5.91 Å². The van der Waals surface area contributed by atoms with Gasteiger partial charge in [0.15, 0.2) is 11.5 Å². The summed E-state index contributed by atoms with van der Waals surface area (Å²) in [7, 11) is 0. The topological polar surface area (TPSA) is 126 Å². The first-order chi connectivity index (χ1) is 16.3. The number of ketones is 1. The van der Waals surface area contributed by atoms with Gasteiger partial charge in [-0.2, -0.15) is 15.0 Å². The van der Waals surface area contributed by atoms with E-state index in [4.69, 9.17) is 5.26 Å². The molecule has 0 atom stereocenters. The predicted molar refractivity (Wildman–Crippen MR) is 129 cm³/mol. The van der Waals surface area contributed by atoms with Gasteiger partial charge in [-0.15, -0.1) is 0 Å². The van der Waals surface area contributed by atoms with Crippen LogP contribution >= 0.6 is 0 Å². The van der Waals surface area contributed by atoms with Crippen molar-refractivity contribution in [3.05, 3.63) is 41.9 Å². The molecule has 2 N–H and O–H groups in total. The predicted octanol–water partition coefficient (Wildman–Crippen LogP) is 3.78. The number of anilines is 1. The Morgan fingerprint density at radius 1 is 1.15 bits per heavy atom. The van der Waals surface area contributed by atoms with Gasteiger partial charge in [0.05, 0.1) is 23.0 Å². The lowest BCUT2D eigenvalue weighted by atomic mass is 9.83. The van der Waals surface area contributed by atoms with Crippen molar-refractivity contribution in [3.8, 4) is 11.9 Å². The number of hydrogen-bond donors (Lipinski definition) is 2. The molecular formula is C25H29N7O2. The highest BCUT2D eigenvalue weighted by Gasteiger charge is 2.25. The zero-order valence-electron chi connectivity index (χ0n) is 19.7. The monoisotopic (exact) mass is 459 g/mol. The summed E-state index contributed by atoms with van der Waals surface area (Å²) in [5.74, 6) is 1.01. The maximum Gasteiger partial charge on any atom is 0.255 e. The van der Waals surface area contributed by atoms with E-state index in [9.17, 15) is 9.59 Å². The molecule has 1 saturated carbocycles. The lowest BCUT2D eigenvalue weighted by Crippen LogP contribution is -2.38. The summed E-state index contributed by atoms with van der Waals surface area (Å²) in [5.41, 5.74) is 2.19. The van der Waals surface area contributed by atoms with Gasteiger partial charge in [0, 0.05) is 42.4 Å². The molecule has 3 aromatic rings. The Kier molecular flexibility index (Phi) is 6.87. The molecule has 0 aliphatic heterocycles. The maximum absolute atomic E-state index is 13.1. The molecule has 9 heteroatoms. The SMILES string of the molecule is CC(=O)CC1CCC(NC(=O)c2cnc(-n3ncc4cc(C#N)cnc43)cc2NC(C)C)CC1. The highest BCUT2D eigenvalue weighted by Crippen LogP contribution is 2.28. The Labute approximate surface area is 198 Å². The van der Waals surface area contributed by atoms with Crippen molar-refractivity contribution in [2.75, 3.05) is 5.32 Å². The van der Waals surface area contributed by atoms with Gasteiger partial charge in [0.1, 0.15) is 11.9 Å². The second kappa shape index (κ2) is 10.00. The standard InChI is InChI=1S/C25H29N7O2/c1-15(2)30-22-10-23(32-24-19(13-29-32)9-18(11-26)12-28-24)27-14-21(22)25(34)31-20-6-4-17(5-7-20)8-16(3)33/h9-10,12-15,17,20H,4-8H2,1-3H3,(H,27,30)(H,31,34). The van der Waals surface area contributed by atoms with Crippen LogP contribution in [0.25, 0.3) is 16.9 Å². The molecule has 0 unspecified atom stereocenters. The van der Waals surface area contributed by atoms with Crippen LogP contribution in [0.1, 0.15) is 68.8 Å². The third kappa shape index (κ3) is 5.22. The van der Waals surface area contributed by atoms with Crippen LogP contribution in [-0.2, 0) is 4.79 Å². The molecule has 4 rings (SSSR count). The van der Waals surface area contributed by atoms with Gasteiger partial charge in [0.2, 0.25) is 0 Å². The van der Waals surface area contributed by atoms with Gasteiger partial charge < -0.3 is 15.4 Å². The molecule has 1 fully saturated rings. The maximum atomic E-state index is 13.1. The lowest BCUT2D eigenvalue weighted by molar-refractivity contribution is -0.118. The smallest absolute Gasteiger partial charge is 0.255 e. The van der Waals surface area contributed by atoms with E-state index in [1.54, 1.807) is 36.1 Å². The Bertz CT molecular complexity index is 1250. The number of Topliss-reactive ketones (excluding diaryl/α,β-unsaturated/α-hetero) is 1. The van der Waals surface area contributed by atoms with E-state index >= 15 is 0 Å². The fourth-order valence-electron chi connectivity index (χ4n) is 4.50. The summed E-state index contributed by atoms with van der Waals surface area (Å²) in [6.07, 6.45) is 8.98. The van der Waals surface area contributed by atoms with Gasteiger partial charge in [-0.05, 0) is 58.4 Å². The van der Waals surface area contributed by atoms with Gasteiger partial charge in [-0.3, -0.25) is 4.79 Å². The molecule has 1 amide bonds. The Morgan fingerprint density at radius 2 is 1.91 bits per heavy atom. The number of aromatic nitrogens is 4. The zero-order valence-corrected chi connectivity index (χ0v) is 19.7. The molecule has 3 heterocycles. The molecule has 176 valence electrons. The third-order valence-electron chi connectivity index (χ3n) is 6.09. The molecule has 0 saturated heterocycles. The number of carbonyl (C=O) groups is 2. The molecule has 0 aromatic carbocycles. The molecule has 0 radical (unpaired) electrons. The van der Waals surface area contributed by atoms with Crippen LogP contribution in [0.5, 0.6) is 0 Å². The molecule has 0 spiro atoms. The minimum absolute atomic E-state index is 0.0934. The van der Waals surface area contributed by atoms with Crippen LogP contribution in [0, 0.1) is 17.2 Å². The normalized spacial score (nSPS) is 18.0. The van der Waals surface area contributed by atoms with Crippen molar-refractivity contribution >= 4 is 28.4 Å². The van der Waals surface area contributed by atoms with Crippen LogP contribution in [0.3, 0.4) is 0 Å². The lowest BCUT2D eigenvalue weighted by Gasteiger charge is -2.29. The van der Waals surface area contributed by atoms with E-state index in [1.807, 2.05) is 13.8 Å². The van der Waals surface area contributed by atoms with Crippen LogP contribution in [0.15, 0.2) is 30.7 Å². The molecule has 0 bridgehead atoms. The summed E-state index contributed by atoms with van der Waals surface area (Å²) >= 11 is 0. The van der Waals surface area contributed by atoms with Crippen molar-refractivity contribution in [1.82, 2.24) is 25.1 Å². The largest absolute Gasteiger partial charge is 0.382 e. The van der Waals surface area contributed by atoms with Crippen LogP contribution in [-0.4, -0.2) is 43.5 Å². The number of fused-ring (bicyclic) bond motifs is 1. The number of hydrogen-bond acceptors (Lipinski definition) is 7. The highest BCUT2D eigenvalue weighted by molar-refractivity contribution is 5.99. The third-order valence-corrected chi connectivity index (χ3v) is 6.09. The number of nitriles is 1. The van der Waals surface area contributed by atoms with E-state index in [0.717, 1.165) is 31.1 Å². The van der Waals surface area contributed by atoms with Crippen molar-refractivity contribution < 1.29 is 9.59 Å². The van der Waals surface area contributed by atoms with Crippen molar-refractivity contribution in [1.29, 1.82) is 5.26 Å². The number of amides is 1. The molecule has 34 heavy (non-hydrogen) atoms. The summed E-state index contributed by atoms with van der Waals surface area (Å²) in [4.78, 5) is 33.4. The highest BCUT2D eigenvalue weighted by atomic mass is 16.1. The minimum Gasteiger partial charge on any atom is -0.382 e. The summed E-state index contributed by atoms with van der Waals surface area (Å²) in [6, 6.07) is 5.80. The van der Waals surface area contributed by atoms with E-state index in [-0.39, 0.29) is 23.8 Å². The Hall–Kier alpha value is -3.80. The van der Waals surface area contributed by atoms with Crippen LogP contribution in [0.4, 0.5) is 5.69 Å². The number of rotatable bonds is 7. The van der Waals surface area contributed by atoms with Crippen LogP contribution < -0.4 is 10.6 Å². The Morgan fingerprint density at radius 3 is 2.59 bits per heavy atom. The summed E-state index contributed by atoms with van der Waals surface area (Å²) < 4.78 is 1.60. The number of nitrogens with zero attached hydrogens (tertiary/aromatic N) is 5. The second-order valence-corrected chi connectivity index (χ2v) is 9.29. The van der Waals surface area contributed by atoms with Crippen molar-refractivity contribution in [2.45, 2.75) is 65.0 Å². The van der Waals surface area contributed by atoms with Crippen molar-refractivity contribution in [3.63, 3.8) is 0 Å². The van der Waals surface area contributed by atoms with Gasteiger partial charge in [-0.1, -0.05) is 0 Å². The average molecular weight is 460 g/mol. The minimum atomic E-state index is -0.167. The molecule has 1 aliphatic carbocycles. The van der Waals surface area contributed by atoms with E-state index in [0.29, 0.717) is 40.6 Å². The number of carbonyl (C=O) groups excluding carboxylic acids is 2. The van der Waals surface area contributed by atoms with E-state index in [1.165, 1.54) is 6.20 Å². The summed E-state index contributed by atoms with van der Waals surface area (Å²) in [5, 5.41) is 20.7. The fourth-order valence-corrected chi connectivity index (χ4v) is 4.50. The molecule has 1 aliphatic rings. The zero-order chi connectivity index (χ0) is 24.2. The number of pyridine rings is 2. The molecular weight excluding hydrogens is 430 g/mol. The fraction of sp³-hybridized carbons (Fsp3) is 0.440. The van der Waals surface area contributed by atoms with Gasteiger partial charge in [-0.25, -0.2) is 9.97 Å². The quantitative estimate of drug-likeness (QED) is 0.551. The molecule has 9 nitrogen and oxygen atoms in total. The average Bonchev–Trinajstić information content (AvgIpc) is 3.22. The van der Waals surface area contributed by atoms with Crippen molar-refractivity contribution in [2.24, 2.45) is 5.92 Å². The number of nitrogens with one attached hydrogen (secondary N) is 2. The summed E-state index contributed by atoms with van der Waals surface area (Å²) in [6.45, 7) is 5.65. The first kappa shape index (κ1) is 23.4. The first-order valence-electron chi connectivity index (χ1n) is 11.6. The van der Waals surface area contributed by atoms with Gasteiger partial charge >= 0.3 is 0 Å². The van der Waals surface area contributed by atoms with E-state index in [2.05, 4.69) is 31.8 Å². The first-order valence-corrected chi connectivity index (χ1v) is 11.6. The molecule has 3 aromatic heterocycles. The second-order valence-electron chi connectivity index (χ2n) is 9.29. The van der Waals surface area contributed by atoms with E-state index < -0.39 is 0 Å².